The Kier molecular flexibility index (Phi) is 4.93. The van der Waals surface area contributed by atoms with Crippen molar-refractivity contribution in [1.29, 1.82) is 0 Å². The Hall–Kier alpha value is -1.65. The fraction of sp³-hybridized carbons (Fsp3) is 0.312. The van der Waals surface area contributed by atoms with Gasteiger partial charge in [-0.2, -0.15) is 0 Å². The maximum Gasteiger partial charge on any atom is 0.180 e. The van der Waals surface area contributed by atoms with Gasteiger partial charge in [0.15, 0.2) is 5.78 Å². The third-order valence-electron chi connectivity index (χ3n) is 3.42. The minimum absolute atomic E-state index is 0.0772. The van der Waals surface area contributed by atoms with Crippen LogP contribution in [-0.2, 0) is 0 Å². The van der Waals surface area contributed by atoms with E-state index >= 15 is 0 Å². The highest BCUT2D eigenvalue weighted by Crippen LogP contribution is 2.24. The van der Waals surface area contributed by atoms with E-state index in [4.69, 9.17) is 4.74 Å². The van der Waals surface area contributed by atoms with E-state index in [1.165, 1.54) is 4.88 Å². The first kappa shape index (κ1) is 14.8. The van der Waals surface area contributed by atoms with Crippen molar-refractivity contribution in [3.8, 4) is 5.75 Å². The number of ketones is 1. The van der Waals surface area contributed by atoms with Gasteiger partial charge in [-0.15, -0.1) is 11.3 Å². The van der Waals surface area contributed by atoms with Crippen LogP contribution in [0.1, 0.15) is 28.2 Å². The Morgan fingerprint density at radius 1 is 1.30 bits per heavy atom. The Morgan fingerprint density at radius 3 is 2.70 bits per heavy atom. The Labute approximate surface area is 123 Å². The van der Waals surface area contributed by atoms with Gasteiger partial charge in [0.25, 0.3) is 0 Å². The molecule has 0 fully saturated rings. The van der Waals surface area contributed by atoms with Crippen LogP contribution in [0, 0.1) is 0 Å². The van der Waals surface area contributed by atoms with Crippen molar-refractivity contribution in [2.45, 2.75) is 13.0 Å². The number of hydrogen-bond acceptors (Lipinski definition) is 4. The summed E-state index contributed by atoms with van der Waals surface area (Å²) in [6.45, 7) is 2.49. The highest BCUT2D eigenvalue weighted by molar-refractivity contribution is 7.10. The molecule has 0 aliphatic heterocycles. The van der Waals surface area contributed by atoms with Crippen molar-refractivity contribution in [3.05, 3.63) is 52.2 Å². The number of ether oxygens (including phenoxy) is 1. The maximum absolute atomic E-state index is 12.4. The van der Waals surface area contributed by atoms with E-state index in [1.54, 1.807) is 18.4 Å². The highest BCUT2D eigenvalue weighted by atomic mass is 32.1. The quantitative estimate of drug-likeness (QED) is 0.761. The van der Waals surface area contributed by atoms with E-state index in [-0.39, 0.29) is 11.8 Å². The zero-order valence-electron chi connectivity index (χ0n) is 12.0. The zero-order valence-corrected chi connectivity index (χ0v) is 12.8. The molecule has 1 unspecified atom stereocenters. The van der Waals surface area contributed by atoms with Crippen LogP contribution < -0.4 is 4.74 Å². The van der Waals surface area contributed by atoms with Crippen LogP contribution in [0.25, 0.3) is 0 Å². The molecule has 0 saturated heterocycles. The van der Waals surface area contributed by atoms with Crippen LogP contribution in [0.2, 0.25) is 0 Å². The molecule has 0 aliphatic rings. The largest absolute Gasteiger partial charge is 0.496 e. The molecule has 1 atom stereocenters. The van der Waals surface area contributed by atoms with Crippen LogP contribution in [0.15, 0.2) is 41.8 Å². The molecule has 1 aromatic carbocycles. The average molecular weight is 289 g/mol. The molecule has 0 aliphatic carbocycles. The van der Waals surface area contributed by atoms with Gasteiger partial charge in [0, 0.05) is 10.9 Å². The number of para-hydroxylation sites is 1. The number of benzene rings is 1. The summed E-state index contributed by atoms with van der Waals surface area (Å²) in [6, 6.07) is 11.7. The van der Waals surface area contributed by atoms with Gasteiger partial charge >= 0.3 is 0 Å². The van der Waals surface area contributed by atoms with E-state index in [2.05, 4.69) is 23.3 Å². The average Bonchev–Trinajstić information content (AvgIpc) is 3.00. The predicted octanol–water partition coefficient (Wildman–Crippen LogP) is 3.63. The van der Waals surface area contributed by atoms with E-state index < -0.39 is 0 Å². The first-order valence-electron chi connectivity index (χ1n) is 6.53. The highest BCUT2D eigenvalue weighted by Gasteiger charge is 2.18. The van der Waals surface area contributed by atoms with Gasteiger partial charge in [-0.25, -0.2) is 0 Å². The number of methoxy groups -OCH3 is 1. The van der Waals surface area contributed by atoms with Crippen LogP contribution in [0.5, 0.6) is 5.75 Å². The van der Waals surface area contributed by atoms with Gasteiger partial charge in [-0.05, 0) is 37.6 Å². The van der Waals surface area contributed by atoms with E-state index in [9.17, 15) is 4.79 Å². The number of Topliss-reactive ketones (excluding diaryl/α,β-unsaturated/α-hetero) is 1. The van der Waals surface area contributed by atoms with Crippen molar-refractivity contribution in [2.24, 2.45) is 0 Å². The molecular weight excluding hydrogens is 270 g/mol. The van der Waals surface area contributed by atoms with Gasteiger partial charge in [-0.1, -0.05) is 18.2 Å². The van der Waals surface area contributed by atoms with Crippen molar-refractivity contribution in [2.75, 3.05) is 20.7 Å². The second-order valence-corrected chi connectivity index (χ2v) is 5.71. The first-order valence-corrected chi connectivity index (χ1v) is 7.41. The van der Waals surface area contributed by atoms with Crippen molar-refractivity contribution < 1.29 is 9.53 Å². The molecule has 3 nitrogen and oxygen atoms in total. The lowest BCUT2D eigenvalue weighted by molar-refractivity contribution is 0.0923. The number of likely N-dealkylation sites (N-methyl/N-ethyl adjacent to an activating group) is 1. The smallest absolute Gasteiger partial charge is 0.180 e. The Balaban J connectivity index is 2.07. The predicted molar refractivity (Wildman–Crippen MR) is 82.7 cm³/mol. The molecule has 0 spiro atoms. The Morgan fingerprint density at radius 2 is 2.05 bits per heavy atom. The fourth-order valence-electron chi connectivity index (χ4n) is 2.07. The summed E-state index contributed by atoms with van der Waals surface area (Å²) in [5, 5.41) is 2.06. The summed E-state index contributed by atoms with van der Waals surface area (Å²) in [5.41, 5.74) is 0.639. The number of hydrogen-bond donors (Lipinski definition) is 0. The fourth-order valence-corrected chi connectivity index (χ4v) is 2.92. The molecule has 0 amide bonds. The third-order valence-corrected chi connectivity index (χ3v) is 4.46. The lowest BCUT2D eigenvalue weighted by Crippen LogP contribution is -2.28. The van der Waals surface area contributed by atoms with Crippen LogP contribution in [-0.4, -0.2) is 31.4 Å². The summed E-state index contributed by atoms with van der Waals surface area (Å²) in [4.78, 5) is 15.7. The Bertz CT molecular complexity index is 566. The van der Waals surface area contributed by atoms with Crippen LogP contribution in [0.4, 0.5) is 0 Å². The molecule has 1 aromatic heterocycles. The van der Waals surface area contributed by atoms with E-state index in [1.807, 2.05) is 37.4 Å². The lowest BCUT2D eigenvalue weighted by atomic mass is 10.1. The minimum atomic E-state index is 0.0772. The standard InChI is InChI=1S/C16H19NO2S/c1-12(16-9-6-10-20-16)17(2)11-14(18)13-7-4-5-8-15(13)19-3/h4-10,12H,11H2,1-3H3. The molecule has 4 heteroatoms. The summed E-state index contributed by atoms with van der Waals surface area (Å²) < 4.78 is 5.24. The first-order chi connectivity index (χ1) is 9.63. The van der Waals surface area contributed by atoms with Gasteiger partial charge in [0.2, 0.25) is 0 Å². The van der Waals surface area contributed by atoms with Crippen molar-refractivity contribution in [3.63, 3.8) is 0 Å². The van der Waals surface area contributed by atoms with E-state index in [0.717, 1.165) is 0 Å². The number of nitrogens with zero attached hydrogens (tertiary/aromatic N) is 1. The molecule has 2 rings (SSSR count). The number of carbonyl (C=O) groups excluding carboxylic acids is 1. The normalized spacial score (nSPS) is 12.4. The maximum atomic E-state index is 12.4. The molecule has 0 saturated carbocycles. The van der Waals surface area contributed by atoms with Gasteiger partial charge in [-0.3, -0.25) is 9.69 Å². The molecule has 0 radical (unpaired) electrons. The van der Waals surface area contributed by atoms with Crippen LogP contribution in [0.3, 0.4) is 0 Å². The number of thiophene rings is 1. The second-order valence-electron chi connectivity index (χ2n) is 4.73. The van der Waals surface area contributed by atoms with Gasteiger partial charge in [0.1, 0.15) is 5.75 Å². The molecule has 0 N–H and O–H groups in total. The second kappa shape index (κ2) is 6.68. The van der Waals surface area contributed by atoms with E-state index in [0.29, 0.717) is 17.9 Å². The SMILES string of the molecule is COc1ccccc1C(=O)CN(C)C(C)c1cccs1. The molecule has 2 aromatic rings. The molecular formula is C16H19NO2S. The van der Waals surface area contributed by atoms with Gasteiger partial charge < -0.3 is 4.74 Å². The zero-order chi connectivity index (χ0) is 14.5. The molecule has 0 bridgehead atoms. The molecule has 20 heavy (non-hydrogen) atoms. The number of rotatable bonds is 6. The lowest BCUT2D eigenvalue weighted by Gasteiger charge is -2.23. The molecule has 106 valence electrons. The van der Waals surface area contributed by atoms with Gasteiger partial charge in [0.05, 0.1) is 19.2 Å². The summed E-state index contributed by atoms with van der Waals surface area (Å²) in [7, 11) is 3.56. The summed E-state index contributed by atoms with van der Waals surface area (Å²) >= 11 is 1.71. The van der Waals surface area contributed by atoms with Crippen LogP contribution >= 0.6 is 11.3 Å². The van der Waals surface area contributed by atoms with Crippen molar-refractivity contribution in [1.82, 2.24) is 4.90 Å². The molecule has 1 heterocycles. The number of carbonyl (C=O) groups is 1. The van der Waals surface area contributed by atoms with Crippen molar-refractivity contribution >= 4 is 17.1 Å². The summed E-state index contributed by atoms with van der Waals surface area (Å²) in [5.74, 6) is 0.711. The monoisotopic (exact) mass is 289 g/mol. The third kappa shape index (κ3) is 3.26. The topological polar surface area (TPSA) is 29.5 Å². The minimum Gasteiger partial charge on any atom is -0.496 e. The summed E-state index contributed by atoms with van der Waals surface area (Å²) in [6.07, 6.45) is 0.